The Morgan fingerprint density at radius 1 is 0.589 bits per heavy atom. The number of carbonyl (C=O) groups is 2. The van der Waals surface area contributed by atoms with Crippen LogP contribution in [0, 0.1) is 0 Å². The molecule has 0 bridgehead atoms. The lowest BCUT2D eigenvalue weighted by Crippen LogP contribution is -2.44. The number of azo groups is 2. The first-order valence-corrected chi connectivity index (χ1v) is 19.0. The molecule has 21 nitrogen and oxygen atoms in total. The quantitative estimate of drug-likeness (QED) is 0.0571. The zero-order valence-electron chi connectivity index (χ0n) is 28.5. The van der Waals surface area contributed by atoms with Gasteiger partial charge in [-0.2, -0.15) is 52.2 Å². The smallest absolute Gasteiger partial charge is 0.335 e. The lowest BCUT2D eigenvalue weighted by molar-refractivity contribution is 0.0696. The van der Waals surface area contributed by atoms with Gasteiger partial charge in [0.2, 0.25) is 17.8 Å². The number of hydrogen-bond donors (Lipinski definition) is 7. The standard InChI is InChI=1S/C33H29N11O10S2/c45-29(46)19-13-20(30(47)48)15-25(14-19)42-40-23-5-1-21(2-6-23)35-31-37-32(39-33(38-31)44-11-9-34-10-12-44)36-22-3-7-24(8-4-22)41-43-26-16-27(55(49,50)51)18-28(17-26)56(52,53)54/h1-8,13-18,34H,9-12H2,(H,45,46)(H,47,48)(H,49,50,51)(H,52,53,54)(H2,35,36,37,38,39). The Bertz CT molecular complexity index is 2500. The largest absolute Gasteiger partial charge is 0.478 e. The Morgan fingerprint density at radius 2 is 1.00 bits per heavy atom. The minimum Gasteiger partial charge on any atom is -0.478 e. The van der Waals surface area contributed by atoms with Crippen molar-refractivity contribution in [3.63, 3.8) is 0 Å². The molecule has 0 amide bonds. The third-order valence-electron chi connectivity index (χ3n) is 7.70. The minimum absolute atomic E-state index is 0.0510. The number of rotatable bonds is 13. The molecule has 4 aromatic carbocycles. The highest BCUT2D eigenvalue weighted by atomic mass is 32.2. The van der Waals surface area contributed by atoms with Crippen LogP contribution in [0.3, 0.4) is 0 Å². The molecule has 1 aromatic heterocycles. The minimum atomic E-state index is -4.82. The fourth-order valence-corrected chi connectivity index (χ4v) is 6.19. The average molecular weight is 804 g/mol. The average Bonchev–Trinajstić information content (AvgIpc) is 3.16. The third-order valence-corrected chi connectivity index (χ3v) is 9.37. The molecule has 0 saturated carbocycles. The molecule has 0 radical (unpaired) electrons. The molecule has 0 unspecified atom stereocenters. The van der Waals surface area contributed by atoms with Gasteiger partial charge in [-0.1, -0.05) is 0 Å². The predicted molar refractivity (Wildman–Crippen MR) is 199 cm³/mol. The van der Waals surface area contributed by atoms with Crippen LogP contribution in [0.5, 0.6) is 0 Å². The molecule has 288 valence electrons. The number of carboxylic acid groups (broad SMARTS) is 2. The summed E-state index contributed by atoms with van der Waals surface area (Å²) in [4.78, 5) is 36.9. The molecular formula is C33H29N11O10S2. The van der Waals surface area contributed by atoms with Crippen molar-refractivity contribution in [2.45, 2.75) is 9.79 Å². The number of carboxylic acids is 2. The van der Waals surface area contributed by atoms with Gasteiger partial charge in [0.25, 0.3) is 20.2 Å². The summed E-state index contributed by atoms with van der Waals surface area (Å²) in [7, 11) is -9.65. The van der Waals surface area contributed by atoms with Gasteiger partial charge in [0.15, 0.2) is 0 Å². The van der Waals surface area contributed by atoms with Crippen molar-refractivity contribution in [1.82, 2.24) is 20.3 Å². The molecule has 0 spiro atoms. The van der Waals surface area contributed by atoms with E-state index in [1.54, 1.807) is 48.5 Å². The maximum Gasteiger partial charge on any atom is 0.335 e. The van der Waals surface area contributed by atoms with Gasteiger partial charge in [-0.25, -0.2) is 9.59 Å². The molecule has 56 heavy (non-hydrogen) atoms. The fourth-order valence-electron chi connectivity index (χ4n) is 5.02. The topological polar surface area (TPSA) is 311 Å². The summed E-state index contributed by atoms with van der Waals surface area (Å²) in [6.45, 7) is 2.73. The summed E-state index contributed by atoms with van der Waals surface area (Å²) in [5.41, 5.74) is 1.09. The highest BCUT2D eigenvalue weighted by Crippen LogP contribution is 2.28. The molecule has 0 atom stereocenters. The SMILES string of the molecule is O=C(O)c1cc(N=Nc2ccc(Nc3nc(Nc4ccc(N=Nc5cc(S(=O)(=O)O)cc(S(=O)(=O)O)c5)cc4)nc(N4CCNCC4)n3)cc2)cc(C(=O)O)c1. The number of hydrogen-bond acceptors (Lipinski definition) is 17. The highest BCUT2D eigenvalue weighted by molar-refractivity contribution is 7.86. The van der Waals surface area contributed by atoms with Gasteiger partial charge in [-0.15, -0.1) is 0 Å². The molecule has 2 heterocycles. The van der Waals surface area contributed by atoms with E-state index in [1.807, 2.05) is 4.90 Å². The number of piperazine rings is 1. The van der Waals surface area contributed by atoms with Crippen LogP contribution in [-0.4, -0.2) is 89.2 Å². The fraction of sp³-hybridized carbons (Fsp3) is 0.121. The first kappa shape index (κ1) is 38.9. The third kappa shape index (κ3) is 10.2. The van der Waals surface area contributed by atoms with E-state index in [0.29, 0.717) is 42.2 Å². The van der Waals surface area contributed by atoms with E-state index in [4.69, 9.17) is 0 Å². The number of nitrogens with one attached hydrogen (secondary N) is 3. The zero-order valence-corrected chi connectivity index (χ0v) is 30.2. The van der Waals surface area contributed by atoms with E-state index in [9.17, 15) is 45.7 Å². The first-order chi connectivity index (χ1) is 26.6. The van der Waals surface area contributed by atoms with Crippen molar-refractivity contribution < 1.29 is 45.7 Å². The number of nitrogens with zero attached hydrogens (tertiary/aromatic N) is 8. The van der Waals surface area contributed by atoms with E-state index in [1.165, 1.54) is 12.1 Å². The molecule has 7 N–H and O–H groups in total. The zero-order chi connectivity index (χ0) is 40.0. The van der Waals surface area contributed by atoms with Crippen molar-refractivity contribution >= 4 is 84.1 Å². The Hall–Kier alpha value is -6.79. The van der Waals surface area contributed by atoms with Crippen LogP contribution in [0.1, 0.15) is 20.7 Å². The van der Waals surface area contributed by atoms with Crippen LogP contribution in [-0.2, 0) is 20.2 Å². The van der Waals surface area contributed by atoms with E-state index >= 15 is 0 Å². The second-order valence-electron chi connectivity index (χ2n) is 11.8. The summed E-state index contributed by atoms with van der Waals surface area (Å²) in [5, 5.41) is 44.1. The van der Waals surface area contributed by atoms with Crippen LogP contribution in [0.2, 0.25) is 0 Å². The Balaban J connectivity index is 1.19. The number of aromatic nitrogens is 3. The first-order valence-electron chi connectivity index (χ1n) is 16.1. The molecule has 5 aromatic rings. The summed E-state index contributed by atoms with van der Waals surface area (Å²) in [6.07, 6.45) is 0. The van der Waals surface area contributed by atoms with Gasteiger partial charge in [0.1, 0.15) is 0 Å². The second kappa shape index (κ2) is 16.3. The number of benzene rings is 4. The van der Waals surface area contributed by atoms with Crippen molar-refractivity contribution in [2.24, 2.45) is 20.5 Å². The Labute approximate surface area is 317 Å². The molecular weight excluding hydrogens is 775 g/mol. The summed E-state index contributed by atoms with van der Waals surface area (Å²) in [6, 6.07) is 18.8. The van der Waals surface area contributed by atoms with Crippen LogP contribution in [0.4, 0.5) is 52.0 Å². The van der Waals surface area contributed by atoms with Crippen LogP contribution in [0.25, 0.3) is 0 Å². The predicted octanol–water partition coefficient (Wildman–Crippen LogP) is 5.49. The van der Waals surface area contributed by atoms with Crippen molar-refractivity contribution in [3.8, 4) is 0 Å². The molecule has 1 aliphatic heterocycles. The highest BCUT2D eigenvalue weighted by Gasteiger charge is 2.19. The van der Waals surface area contributed by atoms with Gasteiger partial charge in [-0.3, -0.25) is 9.11 Å². The van der Waals surface area contributed by atoms with Gasteiger partial charge < -0.3 is 31.1 Å². The molecule has 6 rings (SSSR count). The van der Waals surface area contributed by atoms with E-state index in [2.05, 4.69) is 51.4 Å². The maximum absolute atomic E-state index is 11.6. The number of anilines is 5. The van der Waals surface area contributed by atoms with E-state index < -0.39 is 42.0 Å². The molecule has 1 aliphatic rings. The Morgan fingerprint density at radius 3 is 1.41 bits per heavy atom. The molecule has 1 saturated heterocycles. The lowest BCUT2D eigenvalue weighted by Gasteiger charge is -2.27. The monoisotopic (exact) mass is 803 g/mol. The lowest BCUT2D eigenvalue weighted by atomic mass is 10.1. The molecule has 23 heteroatoms. The van der Waals surface area contributed by atoms with Gasteiger partial charge in [0, 0.05) is 37.6 Å². The number of aromatic carboxylic acids is 2. The van der Waals surface area contributed by atoms with Crippen molar-refractivity contribution in [2.75, 3.05) is 41.7 Å². The second-order valence-corrected chi connectivity index (χ2v) is 14.6. The van der Waals surface area contributed by atoms with E-state index in [-0.39, 0.29) is 40.1 Å². The normalized spacial score (nSPS) is 13.6. The summed E-state index contributed by atoms with van der Waals surface area (Å²) >= 11 is 0. The Kier molecular flexibility index (Phi) is 11.3. The van der Waals surface area contributed by atoms with Gasteiger partial charge in [0.05, 0.1) is 43.7 Å². The summed E-state index contributed by atoms with van der Waals surface area (Å²) in [5.74, 6) is -1.80. The van der Waals surface area contributed by atoms with Crippen LogP contribution >= 0.6 is 0 Å². The van der Waals surface area contributed by atoms with Crippen LogP contribution < -0.4 is 20.9 Å². The molecule has 0 aliphatic carbocycles. The van der Waals surface area contributed by atoms with Gasteiger partial charge in [-0.05, 0) is 84.9 Å². The van der Waals surface area contributed by atoms with Crippen LogP contribution in [0.15, 0.2) is 115 Å². The van der Waals surface area contributed by atoms with E-state index in [0.717, 1.165) is 31.3 Å². The van der Waals surface area contributed by atoms with Gasteiger partial charge >= 0.3 is 11.9 Å². The summed E-state index contributed by atoms with van der Waals surface area (Å²) < 4.78 is 65.2. The maximum atomic E-state index is 11.6. The van der Waals surface area contributed by atoms with Crippen molar-refractivity contribution in [1.29, 1.82) is 0 Å². The molecule has 1 fully saturated rings. The van der Waals surface area contributed by atoms with Crippen molar-refractivity contribution in [3.05, 3.63) is 96.1 Å².